The number of halogens is 3. The largest absolute Gasteiger partial charge is 0.255 e. The maximum atomic E-state index is 6.21. The Kier molecular flexibility index (Phi) is 4.87. The van der Waals surface area contributed by atoms with E-state index in [9.17, 15) is 0 Å². The fourth-order valence-electron chi connectivity index (χ4n) is 2.03. The van der Waals surface area contributed by atoms with Crippen molar-refractivity contribution in [3.63, 3.8) is 0 Å². The summed E-state index contributed by atoms with van der Waals surface area (Å²) in [4.78, 5) is 0. The van der Waals surface area contributed by atoms with Crippen molar-refractivity contribution >= 4 is 39.1 Å². The van der Waals surface area contributed by atoms with Crippen molar-refractivity contribution in [2.24, 2.45) is 7.05 Å². The number of alkyl halides is 2. The Bertz CT molecular complexity index is 552. The minimum atomic E-state index is -0.330. The van der Waals surface area contributed by atoms with E-state index in [4.69, 9.17) is 23.2 Å². The first-order valence-corrected chi connectivity index (χ1v) is 7.69. The third-order valence-corrected chi connectivity index (χ3v) is 4.63. The molecule has 0 aliphatic carbocycles. The topological polar surface area (TPSA) is 30.7 Å². The van der Waals surface area contributed by atoms with E-state index in [2.05, 4.69) is 32.3 Å². The van der Waals surface area contributed by atoms with E-state index in [0.29, 0.717) is 18.2 Å². The van der Waals surface area contributed by atoms with Crippen LogP contribution in [0.4, 0.5) is 0 Å². The number of benzene rings is 1. The van der Waals surface area contributed by atoms with Crippen LogP contribution in [0.15, 0.2) is 34.9 Å². The Morgan fingerprint density at radius 2 is 2.05 bits per heavy atom. The average molecular weight is 363 g/mol. The first kappa shape index (κ1) is 14.8. The second kappa shape index (κ2) is 6.25. The van der Waals surface area contributed by atoms with Crippen LogP contribution in [0.2, 0.25) is 0 Å². The summed E-state index contributed by atoms with van der Waals surface area (Å²) in [5.74, 6) is 0.868. The molecule has 0 fully saturated rings. The molecule has 0 aliphatic rings. The summed E-state index contributed by atoms with van der Waals surface area (Å²) < 4.78 is 2.70. The molecule has 6 heteroatoms. The van der Waals surface area contributed by atoms with E-state index < -0.39 is 0 Å². The molecule has 2 rings (SSSR count). The molecule has 0 aliphatic heterocycles. The van der Waals surface area contributed by atoms with Crippen molar-refractivity contribution < 1.29 is 0 Å². The standard InChI is InChI=1S/C13H14BrCl2N3/c1-19-7-12(17-18-19)6-13(8-15,9-16)10-3-2-4-11(14)5-10/h2-5,7H,6,8-9H2,1H3. The van der Waals surface area contributed by atoms with E-state index in [1.165, 1.54) is 0 Å². The highest BCUT2D eigenvalue weighted by atomic mass is 79.9. The van der Waals surface area contributed by atoms with Crippen LogP contribution in [0, 0.1) is 0 Å². The van der Waals surface area contributed by atoms with Gasteiger partial charge in [-0.1, -0.05) is 33.3 Å². The SMILES string of the molecule is Cn1cc(CC(CCl)(CCl)c2cccc(Br)c2)nn1. The molecule has 3 nitrogen and oxygen atoms in total. The maximum Gasteiger partial charge on any atom is 0.0836 e. The van der Waals surface area contributed by atoms with Gasteiger partial charge in [-0.3, -0.25) is 4.68 Å². The van der Waals surface area contributed by atoms with Gasteiger partial charge < -0.3 is 0 Å². The normalized spacial score (nSPS) is 11.8. The van der Waals surface area contributed by atoms with Crippen molar-refractivity contribution in [2.45, 2.75) is 11.8 Å². The molecule has 1 heterocycles. The summed E-state index contributed by atoms with van der Waals surface area (Å²) in [6.07, 6.45) is 2.57. The van der Waals surface area contributed by atoms with Crippen molar-refractivity contribution in [1.29, 1.82) is 0 Å². The smallest absolute Gasteiger partial charge is 0.0836 e. The zero-order valence-electron chi connectivity index (χ0n) is 10.5. The van der Waals surface area contributed by atoms with Gasteiger partial charge in [0, 0.05) is 41.3 Å². The molecule has 0 unspecified atom stereocenters. The number of aryl methyl sites for hydroxylation is 1. The highest BCUT2D eigenvalue weighted by molar-refractivity contribution is 9.10. The Morgan fingerprint density at radius 1 is 1.32 bits per heavy atom. The molecule has 1 aromatic heterocycles. The van der Waals surface area contributed by atoms with Gasteiger partial charge in [-0.25, -0.2) is 0 Å². The van der Waals surface area contributed by atoms with Crippen LogP contribution in [-0.2, 0) is 18.9 Å². The van der Waals surface area contributed by atoms with Crippen molar-refractivity contribution in [1.82, 2.24) is 15.0 Å². The fourth-order valence-corrected chi connectivity index (χ4v) is 3.21. The zero-order chi connectivity index (χ0) is 13.9. The van der Waals surface area contributed by atoms with Gasteiger partial charge in [0.15, 0.2) is 0 Å². The highest BCUT2D eigenvalue weighted by Crippen LogP contribution is 2.32. The molecule has 2 aromatic rings. The van der Waals surface area contributed by atoms with Gasteiger partial charge in [0.1, 0.15) is 0 Å². The second-order valence-electron chi connectivity index (χ2n) is 4.62. The predicted octanol–water partition coefficient (Wildman–Crippen LogP) is 3.54. The van der Waals surface area contributed by atoms with E-state index >= 15 is 0 Å². The maximum absolute atomic E-state index is 6.21. The van der Waals surface area contributed by atoms with Gasteiger partial charge in [0.25, 0.3) is 0 Å². The Balaban J connectivity index is 2.37. The third kappa shape index (κ3) is 3.30. The monoisotopic (exact) mass is 361 g/mol. The Morgan fingerprint density at radius 3 is 2.58 bits per heavy atom. The van der Waals surface area contributed by atoms with E-state index in [-0.39, 0.29) is 5.41 Å². The van der Waals surface area contributed by atoms with Gasteiger partial charge in [-0.2, -0.15) is 0 Å². The molecule has 102 valence electrons. The van der Waals surface area contributed by atoms with Crippen molar-refractivity contribution in [2.75, 3.05) is 11.8 Å². The lowest BCUT2D eigenvalue weighted by Crippen LogP contribution is -2.33. The molecule has 0 saturated carbocycles. The molecule has 0 radical (unpaired) electrons. The molecular formula is C13H14BrCl2N3. The molecule has 19 heavy (non-hydrogen) atoms. The summed E-state index contributed by atoms with van der Waals surface area (Å²) in [6, 6.07) is 8.08. The number of rotatable bonds is 5. The van der Waals surface area contributed by atoms with Crippen LogP contribution >= 0.6 is 39.1 Å². The molecule has 0 spiro atoms. The lowest BCUT2D eigenvalue weighted by molar-refractivity contribution is 0.528. The number of hydrogen-bond donors (Lipinski definition) is 0. The van der Waals surface area contributed by atoms with Crippen molar-refractivity contribution in [3.05, 3.63) is 46.2 Å². The van der Waals surface area contributed by atoms with Gasteiger partial charge >= 0.3 is 0 Å². The number of aromatic nitrogens is 3. The van der Waals surface area contributed by atoms with Gasteiger partial charge in [0.05, 0.1) is 5.69 Å². The zero-order valence-corrected chi connectivity index (χ0v) is 13.6. The Labute approximate surface area is 131 Å². The van der Waals surface area contributed by atoms with Crippen LogP contribution in [0.3, 0.4) is 0 Å². The number of nitrogens with zero attached hydrogens (tertiary/aromatic N) is 3. The molecule has 1 aromatic carbocycles. The van der Waals surface area contributed by atoms with Gasteiger partial charge in [0.2, 0.25) is 0 Å². The minimum absolute atomic E-state index is 0.330. The summed E-state index contributed by atoms with van der Waals surface area (Å²) in [5, 5.41) is 8.08. The minimum Gasteiger partial charge on any atom is -0.255 e. The van der Waals surface area contributed by atoms with Crippen LogP contribution < -0.4 is 0 Å². The van der Waals surface area contributed by atoms with Crippen LogP contribution in [-0.4, -0.2) is 26.8 Å². The van der Waals surface area contributed by atoms with Crippen LogP contribution in [0.5, 0.6) is 0 Å². The first-order valence-electron chi connectivity index (χ1n) is 5.83. The third-order valence-electron chi connectivity index (χ3n) is 3.12. The van der Waals surface area contributed by atoms with Crippen LogP contribution in [0.1, 0.15) is 11.3 Å². The van der Waals surface area contributed by atoms with E-state index in [0.717, 1.165) is 15.7 Å². The van der Waals surface area contributed by atoms with Gasteiger partial charge in [-0.15, -0.1) is 28.3 Å². The highest BCUT2D eigenvalue weighted by Gasteiger charge is 2.32. The van der Waals surface area contributed by atoms with Crippen molar-refractivity contribution in [3.8, 4) is 0 Å². The lowest BCUT2D eigenvalue weighted by Gasteiger charge is -2.29. The Hall–Kier alpha value is -0.580. The molecule has 0 bridgehead atoms. The van der Waals surface area contributed by atoms with Gasteiger partial charge in [-0.05, 0) is 17.7 Å². The quantitative estimate of drug-likeness (QED) is 0.761. The molecule has 0 N–H and O–H groups in total. The lowest BCUT2D eigenvalue weighted by atomic mass is 9.80. The summed E-state index contributed by atoms with van der Waals surface area (Å²) >= 11 is 15.9. The molecule has 0 amide bonds. The molecular weight excluding hydrogens is 349 g/mol. The summed E-state index contributed by atoms with van der Waals surface area (Å²) in [7, 11) is 1.85. The predicted molar refractivity (Wildman–Crippen MR) is 82.0 cm³/mol. The van der Waals surface area contributed by atoms with Crippen LogP contribution in [0.25, 0.3) is 0 Å². The fraction of sp³-hybridized carbons (Fsp3) is 0.385. The first-order chi connectivity index (χ1) is 9.09. The second-order valence-corrected chi connectivity index (χ2v) is 6.07. The van der Waals surface area contributed by atoms with E-state index in [1.54, 1.807) is 4.68 Å². The average Bonchev–Trinajstić information content (AvgIpc) is 2.81. The molecule has 0 atom stereocenters. The summed E-state index contributed by atoms with van der Waals surface area (Å²) in [6.45, 7) is 0. The van der Waals surface area contributed by atoms with E-state index in [1.807, 2.05) is 31.4 Å². The number of hydrogen-bond acceptors (Lipinski definition) is 2. The summed E-state index contributed by atoms with van der Waals surface area (Å²) in [5.41, 5.74) is 1.67. The molecule has 0 saturated heterocycles.